The largest absolute Gasteiger partial charge is 1.00 e. The lowest BCUT2D eigenvalue weighted by molar-refractivity contribution is -0.001000. The fourth-order valence-electron chi connectivity index (χ4n) is 2.89. The molecule has 1 aliphatic heterocycles. The summed E-state index contributed by atoms with van der Waals surface area (Å²) in [5, 5.41) is 3.41. The lowest BCUT2D eigenvalue weighted by Gasteiger charge is -2.26. The second kappa shape index (κ2) is 12.8. The Bertz CT molecular complexity index is 700. The van der Waals surface area contributed by atoms with Crippen molar-refractivity contribution in [1.82, 2.24) is 10.2 Å². The quantitative estimate of drug-likeness (QED) is 0.348. The van der Waals surface area contributed by atoms with E-state index in [1.165, 1.54) is 0 Å². The Hall–Kier alpha value is -1.57. The van der Waals surface area contributed by atoms with Crippen LogP contribution in [0.2, 0.25) is 0 Å². The highest BCUT2D eigenvalue weighted by molar-refractivity contribution is 5.89. The molecule has 1 N–H and O–H groups in total. The van der Waals surface area contributed by atoms with Gasteiger partial charge < -0.3 is 44.0 Å². The molecule has 8 heteroatoms. The zero-order chi connectivity index (χ0) is 18.2. The smallest absolute Gasteiger partial charge is 0.338 e. The minimum atomic E-state index is -0.302. The van der Waals surface area contributed by atoms with Gasteiger partial charge in [-0.25, -0.2) is 4.79 Å². The van der Waals surface area contributed by atoms with E-state index in [1.54, 1.807) is 19.1 Å². The molecule has 3 rings (SSSR count). The summed E-state index contributed by atoms with van der Waals surface area (Å²) in [6.07, 6.45) is 0. The Morgan fingerprint density at radius 3 is 2.50 bits per heavy atom. The molecule has 28 heavy (non-hydrogen) atoms. The lowest BCUT2D eigenvalue weighted by Crippen LogP contribution is -3.00. The highest BCUT2D eigenvalue weighted by Gasteiger charge is 2.10. The first-order valence-corrected chi connectivity index (χ1v) is 9.13. The molecule has 0 bridgehead atoms. The van der Waals surface area contributed by atoms with Crippen molar-refractivity contribution in [3.8, 4) is 11.3 Å². The number of furan rings is 1. The van der Waals surface area contributed by atoms with E-state index in [-0.39, 0.29) is 30.8 Å². The molecule has 1 saturated heterocycles. The average Bonchev–Trinajstić information content (AvgIpc) is 3.15. The summed E-state index contributed by atoms with van der Waals surface area (Å²) >= 11 is 0. The summed E-state index contributed by atoms with van der Waals surface area (Å²) in [6.45, 7) is 8.49. The Kier molecular flexibility index (Phi) is 11.2. The molecule has 1 fully saturated rings. The van der Waals surface area contributed by atoms with Crippen LogP contribution in [0.15, 0.2) is 40.8 Å². The van der Waals surface area contributed by atoms with Crippen LogP contribution in [0, 0.1) is 0 Å². The fourth-order valence-corrected chi connectivity index (χ4v) is 2.89. The van der Waals surface area contributed by atoms with Crippen LogP contribution in [-0.2, 0) is 16.0 Å². The molecule has 0 spiro atoms. The van der Waals surface area contributed by atoms with Gasteiger partial charge >= 0.3 is 5.97 Å². The molecule has 6 nitrogen and oxygen atoms in total. The van der Waals surface area contributed by atoms with E-state index in [0.717, 1.165) is 56.5 Å². The van der Waals surface area contributed by atoms with Gasteiger partial charge in [0.25, 0.3) is 0 Å². The number of ether oxygens (including phenoxy) is 2. The monoisotopic (exact) mass is 428 g/mol. The maximum absolute atomic E-state index is 11.7. The van der Waals surface area contributed by atoms with E-state index >= 15 is 0 Å². The minimum absolute atomic E-state index is 0. The summed E-state index contributed by atoms with van der Waals surface area (Å²) < 4.78 is 16.2. The van der Waals surface area contributed by atoms with Crippen molar-refractivity contribution in [2.45, 2.75) is 13.5 Å². The van der Waals surface area contributed by atoms with Gasteiger partial charge in [-0.3, -0.25) is 4.90 Å². The predicted molar refractivity (Wildman–Crippen MR) is 99.1 cm³/mol. The van der Waals surface area contributed by atoms with Gasteiger partial charge in [-0.15, -0.1) is 0 Å². The number of carbonyl (C=O) groups excluding carboxylic acids is 1. The van der Waals surface area contributed by atoms with Gasteiger partial charge in [0.2, 0.25) is 0 Å². The van der Waals surface area contributed by atoms with Crippen molar-refractivity contribution in [3.05, 3.63) is 47.7 Å². The zero-order valence-electron chi connectivity index (χ0n) is 16.0. The maximum atomic E-state index is 11.7. The molecule has 0 amide bonds. The van der Waals surface area contributed by atoms with E-state index in [0.29, 0.717) is 18.7 Å². The molecule has 0 radical (unpaired) electrons. The molecule has 0 atom stereocenters. The normalized spacial score (nSPS) is 14.0. The molecular weight excluding hydrogens is 403 g/mol. The average molecular weight is 429 g/mol. The van der Waals surface area contributed by atoms with Crippen LogP contribution < -0.4 is 30.1 Å². The van der Waals surface area contributed by atoms with Gasteiger partial charge in [0.05, 0.1) is 31.9 Å². The molecule has 1 aromatic heterocycles. The highest BCUT2D eigenvalue weighted by atomic mass is 35.5. The third-order valence-electron chi connectivity index (χ3n) is 4.35. The van der Waals surface area contributed by atoms with Crippen LogP contribution in [0.1, 0.15) is 23.0 Å². The Balaban J connectivity index is 0.00000196. The first-order chi connectivity index (χ1) is 12.8. The number of benzene rings is 1. The van der Waals surface area contributed by atoms with Crippen molar-refractivity contribution in [2.75, 3.05) is 46.0 Å². The van der Waals surface area contributed by atoms with Crippen molar-refractivity contribution < 1.29 is 43.5 Å². The van der Waals surface area contributed by atoms with Crippen LogP contribution in [0.5, 0.6) is 0 Å². The van der Waals surface area contributed by atoms with Gasteiger partial charge in [-0.1, -0.05) is 12.1 Å². The molecule has 2 heterocycles. The van der Waals surface area contributed by atoms with Crippen LogP contribution in [0.3, 0.4) is 0 Å². The summed E-state index contributed by atoms with van der Waals surface area (Å²) in [7, 11) is 0. The van der Waals surface area contributed by atoms with Crippen molar-refractivity contribution in [2.24, 2.45) is 0 Å². The number of hydrogen-bond acceptors (Lipinski definition) is 6. The van der Waals surface area contributed by atoms with Crippen molar-refractivity contribution >= 4 is 5.97 Å². The topological polar surface area (TPSA) is 63.9 Å². The van der Waals surface area contributed by atoms with Gasteiger partial charge in [0, 0.05) is 31.7 Å². The van der Waals surface area contributed by atoms with Crippen LogP contribution in [0.25, 0.3) is 11.3 Å². The molecule has 2 aromatic rings. The number of rotatable bonds is 8. The van der Waals surface area contributed by atoms with Gasteiger partial charge in [0.1, 0.15) is 11.5 Å². The van der Waals surface area contributed by atoms with E-state index in [9.17, 15) is 4.79 Å². The lowest BCUT2D eigenvalue weighted by atomic mass is 10.1. The highest BCUT2D eigenvalue weighted by Crippen LogP contribution is 2.22. The molecule has 1 aliphatic rings. The van der Waals surface area contributed by atoms with Gasteiger partial charge in [0.15, 0.2) is 0 Å². The summed E-state index contributed by atoms with van der Waals surface area (Å²) in [6, 6.07) is 11.2. The Morgan fingerprint density at radius 2 is 1.82 bits per heavy atom. The van der Waals surface area contributed by atoms with Crippen LogP contribution in [0.4, 0.5) is 0 Å². The van der Waals surface area contributed by atoms with E-state index < -0.39 is 0 Å². The SMILES string of the molecule is CCOC(=O)c1ccc(-c2ccc(CNCCN3CCOCC3)o2)cc1.[Cl-].[Cl-]. The third kappa shape index (κ3) is 7.11. The summed E-state index contributed by atoms with van der Waals surface area (Å²) in [5.41, 5.74) is 1.49. The molecule has 156 valence electrons. The summed E-state index contributed by atoms with van der Waals surface area (Å²) in [4.78, 5) is 14.1. The number of halogens is 2. The molecule has 0 unspecified atom stereocenters. The van der Waals surface area contributed by atoms with Gasteiger partial charge in [-0.05, 0) is 31.2 Å². The Labute approximate surface area is 178 Å². The molecule has 0 aliphatic carbocycles. The first kappa shape index (κ1) is 24.5. The van der Waals surface area contributed by atoms with Crippen LogP contribution in [-0.4, -0.2) is 56.9 Å². The molecule has 0 saturated carbocycles. The Morgan fingerprint density at radius 1 is 1.11 bits per heavy atom. The first-order valence-electron chi connectivity index (χ1n) is 9.13. The van der Waals surface area contributed by atoms with Crippen molar-refractivity contribution in [1.29, 1.82) is 0 Å². The molecule has 1 aromatic carbocycles. The predicted octanol–water partition coefficient (Wildman–Crippen LogP) is -3.45. The number of hydrogen-bond donors (Lipinski definition) is 1. The number of esters is 1. The number of nitrogens with zero attached hydrogens (tertiary/aromatic N) is 1. The second-order valence-corrected chi connectivity index (χ2v) is 6.19. The number of nitrogens with one attached hydrogen (secondary N) is 1. The zero-order valence-corrected chi connectivity index (χ0v) is 17.5. The van der Waals surface area contributed by atoms with Crippen molar-refractivity contribution in [3.63, 3.8) is 0 Å². The standard InChI is InChI=1S/C20H26N2O4.2ClH/c1-2-25-20(23)17-5-3-16(4-6-17)19-8-7-18(26-19)15-21-9-10-22-11-13-24-14-12-22;;/h3-8,21H,2,9-15H2,1H3;2*1H/p-2. The van der Waals surface area contributed by atoms with E-state index in [1.807, 2.05) is 24.3 Å². The second-order valence-electron chi connectivity index (χ2n) is 6.19. The van der Waals surface area contributed by atoms with Gasteiger partial charge in [-0.2, -0.15) is 0 Å². The van der Waals surface area contributed by atoms with E-state index in [4.69, 9.17) is 13.9 Å². The third-order valence-corrected chi connectivity index (χ3v) is 4.35. The molecular formula is C20H26Cl2N2O4-2. The number of morpholine rings is 1. The van der Waals surface area contributed by atoms with Crippen LogP contribution >= 0.6 is 0 Å². The number of carbonyl (C=O) groups is 1. The fraction of sp³-hybridized carbons (Fsp3) is 0.450. The maximum Gasteiger partial charge on any atom is 0.338 e. The van der Waals surface area contributed by atoms with E-state index in [2.05, 4.69) is 10.2 Å². The summed E-state index contributed by atoms with van der Waals surface area (Å²) in [5.74, 6) is 1.39. The minimum Gasteiger partial charge on any atom is -1.00 e.